The number of alkyl halides is 1. The number of benzene rings is 1. The van der Waals surface area contributed by atoms with Gasteiger partial charge in [0.2, 0.25) is 0 Å². The molecule has 2 rings (SSSR count). The zero-order valence-electron chi connectivity index (χ0n) is 12.9. The van der Waals surface area contributed by atoms with Crippen molar-refractivity contribution in [1.82, 2.24) is 0 Å². The van der Waals surface area contributed by atoms with Gasteiger partial charge in [0.15, 0.2) is 20.5 Å². The van der Waals surface area contributed by atoms with Crippen LogP contribution >= 0.6 is 11.6 Å². The van der Waals surface area contributed by atoms with Crippen LogP contribution in [0.2, 0.25) is 0 Å². The van der Waals surface area contributed by atoms with Crippen molar-refractivity contribution < 1.29 is 18.0 Å². The Morgan fingerprint density at radius 3 is 2.68 bits per heavy atom. The number of hydrogen-bond donors (Lipinski definition) is 0. The third-order valence-electron chi connectivity index (χ3n) is 3.22. The van der Waals surface area contributed by atoms with Gasteiger partial charge in [-0.25, -0.2) is 8.42 Å². The minimum atomic E-state index is -3.57. The molecule has 1 aliphatic rings. The van der Waals surface area contributed by atoms with Gasteiger partial charge < -0.3 is 9.57 Å². The fraction of sp³-hybridized carbons (Fsp3) is 0.533. The van der Waals surface area contributed by atoms with Crippen molar-refractivity contribution in [2.75, 3.05) is 5.88 Å². The van der Waals surface area contributed by atoms with E-state index in [1.807, 2.05) is 19.9 Å². The highest BCUT2D eigenvalue weighted by Crippen LogP contribution is 2.29. The quantitative estimate of drug-likeness (QED) is 0.769. The molecule has 0 fully saturated rings. The molecule has 22 heavy (non-hydrogen) atoms. The van der Waals surface area contributed by atoms with Gasteiger partial charge in [-0.2, -0.15) is 0 Å². The summed E-state index contributed by atoms with van der Waals surface area (Å²) in [6.45, 7) is 5.53. The third-order valence-corrected chi connectivity index (χ3v) is 5.41. The van der Waals surface area contributed by atoms with Crippen molar-refractivity contribution in [2.24, 2.45) is 5.16 Å². The lowest BCUT2D eigenvalue weighted by atomic mass is 10.1. The molecule has 0 saturated carbocycles. The molecule has 0 bridgehead atoms. The van der Waals surface area contributed by atoms with Gasteiger partial charge in [0.05, 0.1) is 17.7 Å². The van der Waals surface area contributed by atoms with E-state index in [9.17, 15) is 8.42 Å². The van der Waals surface area contributed by atoms with Crippen molar-refractivity contribution in [3.8, 4) is 5.75 Å². The number of sulfone groups is 1. The number of halogens is 1. The molecule has 1 unspecified atom stereocenters. The van der Waals surface area contributed by atoms with Gasteiger partial charge in [0, 0.05) is 12.0 Å². The second kappa shape index (κ2) is 6.46. The van der Waals surface area contributed by atoms with Crippen molar-refractivity contribution in [1.29, 1.82) is 0 Å². The van der Waals surface area contributed by atoms with Gasteiger partial charge in [-0.15, -0.1) is 11.6 Å². The first-order chi connectivity index (χ1) is 10.3. The first kappa shape index (κ1) is 17.1. The number of para-hydroxylation sites is 1. The molecular weight excluding hydrogens is 326 g/mol. The maximum atomic E-state index is 12.5. The number of hydrogen-bond acceptors (Lipinski definition) is 5. The fourth-order valence-electron chi connectivity index (χ4n) is 2.06. The summed E-state index contributed by atoms with van der Waals surface area (Å²) in [6, 6.07) is 7.11. The number of oxime groups is 1. The average Bonchev–Trinajstić information content (AvgIpc) is 2.85. The molecule has 122 valence electrons. The van der Waals surface area contributed by atoms with E-state index in [-0.39, 0.29) is 29.2 Å². The van der Waals surface area contributed by atoms with Crippen LogP contribution in [0.15, 0.2) is 29.4 Å². The highest BCUT2D eigenvalue weighted by atomic mass is 35.5. The van der Waals surface area contributed by atoms with E-state index in [4.69, 9.17) is 21.2 Å². The monoisotopic (exact) mass is 345 g/mol. The summed E-state index contributed by atoms with van der Waals surface area (Å²) >= 11 is 5.79. The molecule has 7 heteroatoms. The summed E-state index contributed by atoms with van der Waals surface area (Å²) in [5.41, 5.74) is -0.142. The zero-order valence-corrected chi connectivity index (χ0v) is 14.4. The van der Waals surface area contributed by atoms with Gasteiger partial charge in [-0.05, 0) is 26.8 Å². The van der Waals surface area contributed by atoms with Crippen LogP contribution in [0.25, 0.3) is 0 Å². The topological polar surface area (TPSA) is 65.0 Å². The minimum absolute atomic E-state index is 0.0319. The van der Waals surface area contributed by atoms with E-state index in [2.05, 4.69) is 5.16 Å². The number of nitrogens with zero attached hydrogens (tertiary/aromatic N) is 1. The summed E-state index contributed by atoms with van der Waals surface area (Å²) < 4.78 is 30.7. The maximum absolute atomic E-state index is 12.5. The van der Waals surface area contributed by atoms with Crippen LogP contribution < -0.4 is 4.74 Å². The van der Waals surface area contributed by atoms with Crippen molar-refractivity contribution in [3.63, 3.8) is 0 Å². The summed E-state index contributed by atoms with van der Waals surface area (Å²) in [4.78, 5) is 5.17. The molecule has 0 radical (unpaired) electrons. The standard InChI is InChI=1S/C15H20ClNO4S/c1-11(2)20-13-7-5-4-6-12(13)9-22(18,19)14-8-15(3,10-16)21-17-14/h4-7,11H,8-10H2,1-3H3. The molecule has 0 spiro atoms. The SMILES string of the molecule is CC(C)Oc1ccccc1CS(=O)(=O)C1=NOC(C)(CCl)C1. The summed E-state index contributed by atoms with van der Waals surface area (Å²) in [5.74, 6) is 0.583. The second-order valence-electron chi connectivity index (χ2n) is 5.87. The molecule has 0 aromatic heterocycles. The first-order valence-corrected chi connectivity index (χ1v) is 9.23. The molecule has 1 aliphatic heterocycles. The second-order valence-corrected chi connectivity index (χ2v) is 8.13. The van der Waals surface area contributed by atoms with Gasteiger partial charge in [-0.3, -0.25) is 0 Å². The molecule has 1 aromatic carbocycles. The maximum Gasteiger partial charge on any atom is 0.199 e. The van der Waals surface area contributed by atoms with Crippen molar-refractivity contribution >= 4 is 26.5 Å². The Labute approximate surface area is 136 Å². The summed E-state index contributed by atoms with van der Waals surface area (Å²) in [6.07, 6.45) is 0.155. The Bertz CT molecular complexity index is 672. The molecule has 1 aromatic rings. The van der Waals surface area contributed by atoms with Crippen molar-refractivity contribution in [2.45, 2.75) is 44.6 Å². The third kappa shape index (κ3) is 3.93. The molecule has 0 saturated heterocycles. The molecule has 1 atom stereocenters. The molecule has 5 nitrogen and oxygen atoms in total. The van der Waals surface area contributed by atoms with Gasteiger partial charge in [0.25, 0.3) is 0 Å². The average molecular weight is 346 g/mol. The van der Waals surface area contributed by atoms with Crippen LogP contribution in [0.1, 0.15) is 32.8 Å². The number of ether oxygens (including phenoxy) is 1. The van der Waals surface area contributed by atoms with E-state index in [1.165, 1.54) is 0 Å². The molecule has 0 N–H and O–H groups in total. The minimum Gasteiger partial charge on any atom is -0.491 e. The Kier molecular flexibility index (Phi) is 5.02. The predicted molar refractivity (Wildman–Crippen MR) is 87.1 cm³/mol. The molecular formula is C15H20ClNO4S. The first-order valence-electron chi connectivity index (χ1n) is 7.04. The molecule has 1 heterocycles. The van der Waals surface area contributed by atoms with Gasteiger partial charge in [-0.1, -0.05) is 23.4 Å². The summed E-state index contributed by atoms with van der Waals surface area (Å²) in [5, 5.41) is 3.76. The Morgan fingerprint density at radius 2 is 2.09 bits per heavy atom. The lowest BCUT2D eigenvalue weighted by molar-refractivity contribution is 0.0152. The Hall–Kier alpha value is -1.27. The Balaban J connectivity index is 2.20. The van der Waals surface area contributed by atoms with Gasteiger partial charge >= 0.3 is 0 Å². The van der Waals surface area contributed by atoms with E-state index in [0.717, 1.165) is 0 Å². The number of rotatable bonds is 5. The zero-order chi connectivity index (χ0) is 16.4. The normalized spacial score (nSPS) is 21.6. The van der Waals surface area contributed by atoms with E-state index < -0.39 is 15.4 Å². The lowest BCUT2D eigenvalue weighted by Gasteiger charge is -2.17. The lowest BCUT2D eigenvalue weighted by Crippen LogP contribution is -2.28. The molecule has 0 aliphatic carbocycles. The van der Waals surface area contributed by atoms with Crippen LogP contribution in [0, 0.1) is 0 Å². The highest BCUT2D eigenvalue weighted by molar-refractivity contribution is 8.05. The van der Waals surface area contributed by atoms with Gasteiger partial charge in [0.1, 0.15) is 5.75 Å². The molecule has 0 amide bonds. The van der Waals surface area contributed by atoms with E-state index in [0.29, 0.717) is 11.3 Å². The van der Waals surface area contributed by atoms with Crippen LogP contribution in [0.4, 0.5) is 0 Å². The highest BCUT2D eigenvalue weighted by Gasteiger charge is 2.39. The van der Waals surface area contributed by atoms with Crippen LogP contribution in [-0.4, -0.2) is 31.0 Å². The van der Waals surface area contributed by atoms with Crippen LogP contribution in [-0.2, 0) is 20.4 Å². The summed E-state index contributed by atoms with van der Waals surface area (Å²) in [7, 11) is -3.57. The van der Waals surface area contributed by atoms with E-state index in [1.54, 1.807) is 25.1 Å². The largest absolute Gasteiger partial charge is 0.491 e. The smallest absolute Gasteiger partial charge is 0.199 e. The fourth-order valence-corrected chi connectivity index (χ4v) is 3.70. The van der Waals surface area contributed by atoms with Crippen LogP contribution in [0.3, 0.4) is 0 Å². The van der Waals surface area contributed by atoms with Crippen LogP contribution in [0.5, 0.6) is 5.75 Å². The predicted octanol–water partition coefficient (Wildman–Crippen LogP) is 3.12. The van der Waals surface area contributed by atoms with E-state index >= 15 is 0 Å². The van der Waals surface area contributed by atoms with Crippen molar-refractivity contribution in [3.05, 3.63) is 29.8 Å². The Morgan fingerprint density at radius 1 is 1.41 bits per heavy atom.